The zero-order chi connectivity index (χ0) is 16.8. The molecule has 0 fully saturated rings. The van der Waals surface area contributed by atoms with E-state index in [1.807, 2.05) is 13.8 Å². The molecule has 0 saturated heterocycles. The number of nitrogens with one attached hydrogen (secondary N) is 2. The molecule has 0 unspecified atom stereocenters. The molecule has 23 heavy (non-hydrogen) atoms. The molecule has 0 atom stereocenters. The van der Waals surface area contributed by atoms with Crippen LogP contribution in [0.4, 0.5) is 11.4 Å². The average Bonchev–Trinajstić information content (AvgIpc) is 2.69. The highest BCUT2D eigenvalue weighted by atomic mass is 35.5. The summed E-state index contributed by atoms with van der Waals surface area (Å²) in [7, 11) is 0. The van der Waals surface area contributed by atoms with E-state index in [9.17, 15) is 9.59 Å². The minimum absolute atomic E-state index is 0.0586. The summed E-state index contributed by atoms with van der Waals surface area (Å²) in [6.07, 6.45) is 0. The van der Waals surface area contributed by atoms with Crippen molar-refractivity contribution in [3.05, 3.63) is 57.6 Å². The van der Waals surface area contributed by atoms with Gasteiger partial charge in [-0.3, -0.25) is 9.59 Å². The van der Waals surface area contributed by atoms with Gasteiger partial charge < -0.3 is 10.6 Å². The fourth-order valence-corrected chi connectivity index (χ4v) is 3.02. The lowest BCUT2D eigenvalue weighted by molar-refractivity contribution is -0.119. The van der Waals surface area contributed by atoms with Crippen LogP contribution in [0.1, 0.15) is 29.8 Å². The Labute approximate surface area is 143 Å². The Balaban J connectivity index is 1.89. The number of hydrogen-bond donors (Lipinski definition) is 2. The molecule has 2 aromatic carbocycles. The number of fused-ring (bicyclic) bond motifs is 1. The monoisotopic (exact) mass is 348 g/mol. The third-order valence-electron chi connectivity index (χ3n) is 3.94. The largest absolute Gasteiger partial charge is 0.325 e. The van der Waals surface area contributed by atoms with Crippen molar-refractivity contribution in [1.29, 1.82) is 0 Å². The van der Waals surface area contributed by atoms with E-state index in [4.69, 9.17) is 23.2 Å². The maximum Gasteiger partial charge on any atom is 0.257 e. The van der Waals surface area contributed by atoms with E-state index in [1.165, 1.54) is 6.07 Å². The Morgan fingerprint density at radius 2 is 1.87 bits per heavy atom. The smallest absolute Gasteiger partial charge is 0.257 e. The molecule has 0 aromatic heterocycles. The predicted molar refractivity (Wildman–Crippen MR) is 92.5 cm³/mol. The van der Waals surface area contributed by atoms with Crippen LogP contribution < -0.4 is 10.6 Å². The van der Waals surface area contributed by atoms with E-state index in [0.29, 0.717) is 16.3 Å². The number of benzene rings is 2. The highest BCUT2D eigenvalue weighted by Crippen LogP contribution is 2.38. The molecule has 118 valence electrons. The molecule has 2 amide bonds. The highest BCUT2D eigenvalue weighted by Gasteiger charge is 2.38. The number of hydrogen-bond acceptors (Lipinski definition) is 2. The minimum Gasteiger partial charge on any atom is -0.325 e. The van der Waals surface area contributed by atoms with Crippen LogP contribution in [0.25, 0.3) is 0 Å². The van der Waals surface area contributed by atoms with Gasteiger partial charge in [0.05, 0.1) is 16.0 Å². The van der Waals surface area contributed by atoms with Crippen LogP contribution >= 0.6 is 23.2 Å². The second-order valence-corrected chi connectivity index (χ2v) is 6.76. The van der Waals surface area contributed by atoms with Crippen LogP contribution in [0.15, 0.2) is 36.4 Å². The van der Waals surface area contributed by atoms with Crippen LogP contribution in [0.5, 0.6) is 0 Å². The molecule has 1 aliphatic rings. The van der Waals surface area contributed by atoms with E-state index < -0.39 is 5.41 Å². The topological polar surface area (TPSA) is 58.2 Å². The quantitative estimate of drug-likeness (QED) is 0.840. The van der Waals surface area contributed by atoms with Gasteiger partial charge in [-0.2, -0.15) is 0 Å². The zero-order valence-electron chi connectivity index (χ0n) is 12.5. The molecule has 2 aromatic rings. The van der Waals surface area contributed by atoms with Gasteiger partial charge in [0.25, 0.3) is 5.91 Å². The molecule has 0 spiro atoms. The van der Waals surface area contributed by atoms with Crippen molar-refractivity contribution in [3.63, 3.8) is 0 Å². The Morgan fingerprint density at radius 3 is 2.57 bits per heavy atom. The Bertz CT molecular complexity index is 831. The van der Waals surface area contributed by atoms with Crippen molar-refractivity contribution >= 4 is 46.4 Å². The number of amides is 2. The summed E-state index contributed by atoms with van der Waals surface area (Å²) < 4.78 is 0. The van der Waals surface area contributed by atoms with Crippen LogP contribution in [0.2, 0.25) is 10.0 Å². The number of halogens is 2. The predicted octanol–water partition coefficient (Wildman–Crippen LogP) is 4.48. The molecule has 0 bridgehead atoms. The average molecular weight is 349 g/mol. The second kappa shape index (κ2) is 5.55. The maximum atomic E-state index is 12.4. The maximum absolute atomic E-state index is 12.4. The molecule has 0 aliphatic carbocycles. The van der Waals surface area contributed by atoms with E-state index in [1.54, 1.807) is 30.3 Å². The zero-order valence-corrected chi connectivity index (χ0v) is 14.0. The first-order valence-corrected chi connectivity index (χ1v) is 7.77. The van der Waals surface area contributed by atoms with Crippen molar-refractivity contribution in [2.24, 2.45) is 0 Å². The lowest BCUT2D eigenvalue weighted by Crippen LogP contribution is -2.26. The molecule has 1 heterocycles. The molecule has 3 rings (SSSR count). The Morgan fingerprint density at radius 1 is 1.13 bits per heavy atom. The molecule has 0 saturated carbocycles. The van der Waals surface area contributed by atoms with Gasteiger partial charge in [0.2, 0.25) is 5.91 Å². The van der Waals surface area contributed by atoms with Gasteiger partial charge in [-0.1, -0.05) is 23.2 Å². The SMILES string of the molecule is CC1(C)C(=O)Nc2ccc(NC(=O)c3ccc(Cl)cc3Cl)cc21. The Hall–Kier alpha value is -2.04. The molecule has 6 heteroatoms. The molecular formula is C17H14Cl2N2O2. The van der Waals surface area contributed by atoms with Crippen LogP contribution in [-0.2, 0) is 10.2 Å². The van der Waals surface area contributed by atoms with Crippen molar-refractivity contribution in [2.45, 2.75) is 19.3 Å². The summed E-state index contributed by atoms with van der Waals surface area (Å²) in [6.45, 7) is 3.69. The summed E-state index contributed by atoms with van der Waals surface area (Å²) in [5, 5.41) is 6.38. The van der Waals surface area contributed by atoms with Gasteiger partial charge >= 0.3 is 0 Å². The molecular weight excluding hydrogens is 335 g/mol. The molecule has 0 radical (unpaired) electrons. The van der Waals surface area contributed by atoms with Crippen molar-refractivity contribution < 1.29 is 9.59 Å². The van der Waals surface area contributed by atoms with Crippen molar-refractivity contribution in [3.8, 4) is 0 Å². The third kappa shape index (κ3) is 2.80. The van der Waals surface area contributed by atoms with Gasteiger partial charge in [0.15, 0.2) is 0 Å². The molecule has 4 nitrogen and oxygen atoms in total. The standard InChI is InChI=1S/C17H14Cl2N2O2/c1-17(2)12-8-10(4-6-14(12)21-16(17)23)20-15(22)11-5-3-9(18)7-13(11)19/h3-8H,1-2H3,(H,20,22)(H,21,23). The highest BCUT2D eigenvalue weighted by molar-refractivity contribution is 6.37. The van der Waals surface area contributed by atoms with Crippen molar-refractivity contribution in [2.75, 3.05) is 10.6 Å². The molecule has 1 aliphatic heterocycles. The normalized spacial score (nSPS) is 15.0. The first-order chi connectivity index (χ1) is 10.8. The fourth-order valence-electron chi connectivity index (χ4n) is 2.52. The number of carbonyl (C=O) groups is 2. The number of carbonyl (C=O) groups excluding carboxylic acids is 2. The van der Waals surface area contributed by atoms with Gasteiger partial charge in [-0.15, -0.1) is 0 Å². The van der Waals surface area contributed by atoms with E-state index in [0.717, 1.165) is 11.3 Å². The summed E-state index contributed by atoms with van der Waals surface area (Å²) in [5.41, 5.74) is 1.92. The summed E-state index contributed by atoms with van der Waals surface area (Å²) >= 11 is 11.9. The van der Waals surface area contributed by atoms with Gasteiger partial charge in [-0.05, 0) is 55.8 Å². The fraction of sp³-hybridized carbons (Fsp3) is 0.176. The van der Waals surface area contributed by atoms with Crippen LogP contribution in [0.3, 0.4) is 0 Å². The van der Waals surface area contributed by atoms with E-state index >= 15 is 0 Å². The first kappa shape index (κ1) is 15.8. The van der Waals surface area contributed by atoms with Gasteiger partial charge in [0.1, 0.15) is 0 Å². The number of rotatable bonds is 2. The van der Waals surface area contributed by atoms with Gasteiger partial charge in [0, 0.05) is 16.4 Å². The lowest BCUT2D eigenvalue weighted by atomic mass is 9.86. The van der Waals surface area contributed by atoms with Gasteiger partial charge in [-0.25, -0.2) is 0 Å². The Kier molecular flexibility index (Phi) is 3.82. The second-order valence-electron chi connectivity index (χ2n) is 5.92. The van der Waals surface area contributed by atoms with E-state index in [-0.39, 0.29) is 16.8 Å². The lowest BCUT2D eigenvalue weighted by Gasteiger charge is -2.16. The summed E-state index contributed by atoms with van der Waals surface area (Å²) in [6, 6.07) is 10.0. The van der Waals surface area contributed by atoms with Crippen molar-refractivity contribution in [1.82, 2.24) is 0 Å². The first-order valence-electron chi connectivity index (χ1n) is 7.01. The summed E-state index contributed by atoms with van der Waals surface area (Å²) in [5.74, 6) is -0.390. The van der Waals surface area contributed by atoms with Crippen LogP contribution in [0, 0.1) is 0 Å². The third-order valence-corrected chi connectivity index (χ3v) is 4.49. The number of anilines is 2. The molecule has 2 N–H and O–H groups in total. The van der Waals surface area contributed by atoms with Crippen LogP contribution in [-0.4, -0.2) is 11.8 Å². The summed E-state index contributed by atoms with van der Waals surface area (Å²) in [4.78, 5) is 24.3. The van der Waals surface area contributed by atoms with E-state index in [2.05, 4.69) is 10.6 Å². The minimum atomic E-state index is -0.631.